The average Bonchev–Trinajstić information content (AvgIpc) is 3.66. The average molecular weight is 549 g/mol. The molecule has 0 saturated heterocycles. The van der Waals surface area contributed by atoms with Crippen molar-refractivity contribution in [2.45, 2.75) is 26.8 Å². The second-order valence-electron chi connectivity index (χ2n) is 8.32. The predicted octanol–water partition coefficient (Wildman–Crippen LogP) is 4.30. The molecule has 3 aromatic heterocycles. The largest absolute Gasteiger partial charge is 0.463 e. The SMILES string of the molecule is CCOC(=O)C1=C(C)N=c2s/c(=C\c3ccc(-c4ccc(C(=O)OCC)cc4)o3)c(=O)n2C1c1cccs1. The summed E-state index contributed by atoms with van der Waals surface area (Å²) in [6, 6.07) is 13.7. The van der Waals surface area contributed by atoms with Crippen LogP contribution in [-0.2, 0) is 14.3 Å². The molecule has 4 heterocycles. The third-order valence-electron chi connectivity index (χ3n) is 5.91. The summed E-state index contributed by atoms with van der Waals surface area (Å²) in [6.07, 6.45) is 1.68. The highest BCUT2D eigenvalue weighted by molar-refractivity contribution is 7.10. The van der Waals surface area contributed by atoms with E-state index in [-0.39, 0.29) is 18.1 Å². The fourth-order valence-corrected chi connectivity index (χ4v) is 6.06. The third kappa shape index (κ3) is 4.80. The molecular weight excluding hydrogens is 524 g/mol. The lowest BCUT2D eigenvalue weighted by Crippen LogP contribution is -2.39. The van der Waals surface area contributed by atoms with Gasteiger partial charge in [0.25, 0.3) is 5.56 Å². The lowest BCUT2D eigenvalue weighted by molar-refractivity contribution is -0.139. The van der Waals surface area contributed by atoms with E-state index in [1.165, 1.54) is 22.7 Å². The first-order valence-electron chi connectivity index (χ1n) is 12.0. The second-order valence-corrected chi connectivity index (χ2v) is 10.3. The van der Waals surface area contributed by atoms with Crippen molar-refractivity contribution in [3.8, 4) is 11.3 Å². The molecule has 0 spiro atoms. The molecule has 1 aliphatic rings. The van der Waals surface area contributed by atoms with Gasteiger partial charge in [0.05, 0.1) is 34.6 Å². The summed E-state index contributed by atoms with van der Waals surface area (Å²) in [7, 11) is 0. The number of thiazole rings is 1. The van der Waals surface area contributed by atoms with Crippen LogP contribution < -0.4 is 14.9 Å². The summed E-state index contributed by atoms with van der Waals surface area (Å²) in [5.41, 5.74) is 1.87. The number of ether oxygens (including phenoxy) is 2. The van der Waals surface area contributed by atoms with Gasteiger partial charge in [0.1, 0.15) is 17.6 Å². The maximum absolute atomic E-state index is 13.6. The molecule has 0 saturated carbocycles. The number of furan rings is 1. The van der Waals surface area contributed by atoms with Gasteiger partial charge in [-0.15, -0.1) is 11.3 Å². The van der Waals surface area contributed by atoms with Crippen LogP contribution in [0.15, 0.2) is 79.4 Å². The Morgan fingerprint density at radius 2 is 1.79 bits per heavy atom. The van der Waals surface area contributed by atoms with Crippen molar-refractivity contribution in [3.05, 3.63) is 101 Å². The van der Waals surface area contributed by atoms with E-state index in [2.05, 4.69) is 4.99 Å². The summed E-state index contributed by atoms with van der Waals surface area (Å²) < 4.78 is 18.3. The minimum Gasteiger partial charge on any atom is -0.463 e. The van der Waals surface area contributed by atoms with E-state index in [0.29, 0.717) is 44.3 Å². The monoisotopic (exact) mass is 548 g/mol. The van der Waals surface area contributed by atoms with Gasteiger partial charge in [0, 0.05) is 16.5 Å². The van der Waals surface area contributed by atoms with E-state index in [1.807, 2.05) is 17.5 Å². The molecule has 0 bridgehead atoms. The van der Waals surface area contributed by atoms with Crippen LogP contribution >= 0.6 is 22.7 Å². The van der Waals surface area contributed by atoms with Gasteiger partial charge in [-0.25, -0.2) is 14.6 Å². The number of hydrogen-bond donors (Lipinski definition) is 0. The van der Waals surface area contributed by atoms with Crippen LogP contribution in [0.4, 0.5) is 0 Å². The highest BCUT2D eigenvalue weighted by Gasteiger charge is 2.33. The Bertz CT molecular complexity index is 1710. The highest BCUT2D eigenvalue weighted by atomic mass is 32.1. The van der Waals surface area contributed by atoms with Gasteiger partial charge >= 0.3 is 11.9 Å². The molecule has 1 aromatic carbocycles. The summed E-state index contributed by atoms with van der Waals surface area (Å²) in [4.78, 5) is 44.3. The number of allylic oxidation sites excluding steroid dienone is 1. The molecule has 0 N–H and O–H groups in total. The normalized spacial score (nSPS) is 15.2. The Hall–Kier alpha value is -4.02. The van der Waals surface area contributed by atoms with Crippen molar-refractivity contribution in [3.63, 3.8) is 0 Å². The van der Waals surface area contributed by atoms with E-state index >= 15 is 0 Å². The molecule has 0 fully saturated rings. The number of hydrogen-bond acceptors (Lipinski definition) is 9. The third-order valence-corrected chi connectivity index (χ3v) is 7.82. The Kier molecular flexibility index (Phi) is 7.26. The van der Waals surface area contributed by atoms with Crippen molar-refractivity contribution in [1.29, 1.82) is 0 Å². The molecule has 38 heavy (non-hydrogen) atoms. The molecule has 0 radical (unpaired) electrons. The quantitative estimate of drug-likeness (QED) is 0.320. The van der Waals surface area contributed by atoms with Crippen molar-refractivity contribution >= 4 is 40.7 Å². The highest BCUT2D eigenvalue weighted by Crippen LogP contribution is 2.33. The van der Waals surface area contributed by atoms with E-state index in [1.54, 1.807) is 67.8 Å². The first kappa shape index (κ1) is 25.6. The van der Waals surface area contributed by atoms with Crippen molar-refractivity contribution in [1.82, 2.24) is 4.57 Å². The van der Waals surface area contributed by atoms with Gasteiger partial charge in [0.2, 0.25) is 0 Å². The molecule has 0 aliphatic carbocycles. The number of rotatable bonds is 7. The topological polar surface area (TPSA) is 100 Å². The fourth-order valence-electron chi connectivity index (χ4n) is 4.21. The smallest absolute Gasteiger partial charge is 0.338 e. The van der Waals surface area contributed by atoms with E-state index in [4.69, 9.17) is 13.9 Å². The minimum absolute atomic E-state index is 0.226. The summed E-state index contributed by atoms with van der Waals surface area (Å²) >= 11 is 2.70. The van der Waals surface area contributed by atoms with Crippen LogP contribution in [0, 0.1) is 0 Å². The first-order chi connectivity index (χ1) is 18.4. The van der Waals surface area contributed by atoms with E-state index in [0.717, 1.165) is 10.4 Å². The lowest BCUT2D eigenvalue weighted by Gasteiger charge is -2.23. The van der Waals surface area contributed by atoms with Gasteiger partial charge in [0.15, 0.2) is 4.80 Å². The standard InChI is InChI=1S/C28H24N2O6S2/c1-4-34-26(32)18-10-8-17(9-11-18)20-13-12-19(36-20)15-22-25(31)30-24(21-7-6-14-37-21)23(27(33)35-5-2)16(3)29-28(30)38-22/h6-15,24H,4-5H2,1-3H3/b22-15-. The molecule has 5 rings (SSSR count). The van der Waals surface area contributed by atoms with E-state index in [9.17, 15) is 14.4 Å². The predicted molar refractivity (Wildman–Crippen MR) is 145 cm³/mol. The number of aromatic nitrogens is 1. The molecule has 10 heteroatoms. The van der Waals surface area contributed by atoms with Crippen LogP contribution in [0.1, 0.15) is 47.8 Å². The number of carbonyl (C=O) groups is 2. The molecule has 194 valence electrons. The number of nitrogens with zero attached hydrogens (tertiary/aromatic N) is 2. The van der Waals surface area contributed by atoms with Crippen LogP contribution in [0.2, 0.25) is 0 Å². The molecule has 0 amide bonds. The first-order valence-corrected chi connectivity index (χ1v) is 13.7. The summed E-state index contributed by atoms with van der Waals surface area (Å²) in [6.45, 7) is 5.80. The molecule has 1 atom stereocenters. The van der Waals surface area contributed by atoms with Gasteiger partial charge in [-0.3, -0.25) is 9.36 Å². The number of esters is 2. The van der Waals surface area contributed by atoms with Gasteiger partial charge in [-0.2, -0.15) is 0 Å². The van der Waals surface area contributed by atoms with Crippen molar-refractivity contribution in [2.24, 2.45) is 4.99 Å². The lowest BCUT2D eigenvalue weighted by atomic mass is 10.0. The van der Waals surface area contributed by atoms with Crippen LogP contribution in [0.25, 0.3) is 17.4 Å². The summed E-state index contributed by atoms with van der Waals surface area (Å²) in [5, 5.41) is 1.91. The Morgan fingerprint density at radius 1 is 1.05 bits per heavy atom. The summed E-state index contributed by atoms with van der Waals surface area (Å²) in [5.74, 6) is 0.230. The fraction of sp³-hybridized carbons (Fsp3) is 0.214. The van der Waals surface area contributed by atoms with Gasteiger partial charge in [-0.1, -0.05) is 29.5 Å². The Morgan fingerprint density at radius 3 is 2.47 bits per heavy atom. The minimum atomic E-state index is -0.613. The number of fused-ring (bicyclic) bond motifs is 1. The van der Waals surface area contributed by atoms with Crippen molar-refractivity contribution < 1.29 is 23.5 Å². The van der Waals surface area contributed by atoms with Crippen LogP contribution in [-0.4, -0.2) is 29.7 Å². The number of thiophene rings is 1. The zero-order chi connectivity index (χ0) is 26.8. The zero-order valence-corrected chi connectivity index (χ0v) is 22.6. The Labute approximate surface area is 225 Å². The zero-order valence-electron chi connectivity index (χ0n) is 20.9. The molecule has 1 unspecified atom stereocenters. The van der Waals surface area contributed by atoms with Crippen LogP contribution in [0.3, 0.4) is 0 Å². The maximum atomic E-state index is 13.6. The number of carbonyl (C=O) groups excluding carboxylic acids is 2. The molecule has 1 aliphatic heterocycles. The molecular formula is C28H24N2O6S2. The molecule has 8 nitrogen and oxygen atoms in total. The molecule has 4 aromatic rings. The Balaban J connectivity index is 1.52. The number of benzene rings is 1. The van der Waals surface area contributed by atoms with Gasteiger partial charge in [-0.05, 0) is 56.5 Å². The van der Waals surface area contributed by atoms with E-state index < -0.39 is 12.0 Å². The maximum Gasteiger partial charge on any atom is 0.338 e. The van der Waals surface area contributed by atoms with Gasteiger partial charge < -0.3 is 13.9 Å². The second kappa shape index (κ2) is 10.8. The van der Waals surface area contributed by atoms with Crippen molar-refractivity contribution in [2.75, 3.05) is 13.2 Å². The van der Waals surface area contributed by atoms with Crippen LogP contribution in [0.5, 0.6) is 0 Å².